The summed E-state index contributed by atoms with van der Waals surface area (Å²) in [6.07, 6.45) is 1.34. The number of rotatable bonds is 5. The number of hydrogen-bond acceptors (Lipinski definition) is 4. The van der Waals surface area contributed by atoms with Crippen molar-refractivity contribution in [1.29, 1.82) is 0 Å². The summed E-state index contributed by atoms with van der Waals surface area (Å²) in [5, 5.41) is 16.8. The lowest BCUT2D eigenvalue weighted by Gasteiger charge is -2.25. The molecule has 124 valence electrons. The molecule has 1 atom stereocenters. The number of nitrogens with zero attached hydrogens (tertiary/aromatic N) is 1. The summed E-state index contributed by atoms with van der Waals surface area (Å²) in [5.74, 6) is -0.00795. The fourth-order valence-corrected chi connectivity index (χ4v) is 2.88. The highest BCUT2D eigenvalue weighted by molar-refractivity contribution is 5.82. The van der Waals surface area contributed by atoms with Crippen LogP contribution in [0.25, 0.3) is 0 Å². The van der Waals surface area contributed by atoms with E-state index in [1.165, 1.54) is 23.3 Å². The zero-order valence-corrected chi connectivity index (χ0v) is 13.2. The molecule has 2 aromatic rings. The van der Waals surface area contributed by atoms with E-state index in [4.69, 9.17) is 0 Å². The number of amides is 1. The molecule has 0 radical (unpaired) electrons. The van der Waals surface area contributed by atoms with Crippen molar-refractivity contribution in [2.75, 3.05) is 6.54 Å². The van der Waals surface area contributed by atoms with Crippen molar-refractivity contribution < 1.29 is 9.72 Å². The maximum atomic E-state index is 12.3. The fourth-order valence-electron chi connectivity index (χ4n) is 2.88. The molecule has 24 heavy (non-hydrogen) atoms. The molecule has 0 saturated heterocycles. The van der Waals surface area contributed by atoms with E-state index < -0.39 is 4.92 Å². The largest absolute Gasteiger partial charge is 0.354 e. The molecule has 0 spiro atoms. The Morgan fingerprint density at radius 3 is 2.58 bits per heavy atom. The monoisotopic (exact) mass is 325 g/mol. The first-order valence-electron chi connectivity index (χ1n) is 7.94. The molecule has 1 unspecified atom stereocenters. The van der Waals surface area contributed by atoms with Gasteiger partial charge in [0.15, 0.2) is 0 Å². The van der Waals surface area contributed by atoms with Gasteiger partial charge in [-0.25, -0.2) is 0 Å². The second-order valence-corrected chi connectivity index (χ2v) is 5.87. The lowest BCUT2D eigenvalue weighted by Crippen LogP contribution is -2.48. The molecule has 2 N–H and O–H groups in total. The number of nitro benzene ring substituents is 1. The minimum Gasteiger partial charge on any atom is -0.354 e. The summed E-state index contributed by atoms with van der Waals surface area (Å²) in [4.78, 5) is 22.5. The van der Waals surface area contributed by atoms with E-state index in [0.29, 0.717) is 25.9 Å². The van der Waals surface area contributed by atoms with Crippen LogP contribution in [0.1, 0.15) is 16.7 Å². The normalized spacial score (nSPS) is 16.2. The average molecular weight is 325 g/mol. The Labute approximate surface area is 140 Å². The molecule has 0 fully saturated rings. The van der Waals surface area contributed by atoms with Gasteiger partial charge in [0.05, 0.1) is 11.0 Å². The summed E-state index contributed by atoms with van der Waals surface area (Å²) in [6, 6.07) is 14.3. The van der Waals surface area contributed by atoms with Crippen molar-refractivity contribution in [3.05, 3.63) is 75.3 Å². The quantitative estimate of drug-likeness (QED) is 0.650. The van der Waals surface area contributed by atoms with Crippen molar-refractivity contribution in [2.24, 2.45) is 0 Å². The molecule has 6 nitrogen and oxygen atoms in total. The van der Waals surface area contributed by atoms with Gasteiger partial charge in [-0.1, -0.05) is 36.4 Å². The summed E-state index contributed by atoms with van der Waals surface area (Å²) < 4.78 is 0. The zero-order chi connectivity index (χ0) is 16.9. The number of nitrogens with one attached hydrogen (secondary N) is 2. The van der Waals surface area contributed by atoms with Gasteiger partial charge in [-0.05, 0) is 29.5 Å². The average Bonchev–Trinajstić information content (AvgIpc) is 2.61. The number of carbonyl (C=O) groups is 1. The van der Waals surface area contributed by atoms with Gasteiger partial charge in [-0.15, -0.1) is 0 Å². The number of fused-ring (bicyclic) bond motifs is 1. The Bertz CT molecular complexity index is 743. The van der Waals surface area contributed by atoms with Gasteiger partial charge < -0.3 is 10.6 Å². The highest BCUT2D eigenvalue weighted by Crippen LogP contribution is 2.16. The van der Waals surface area contributed by atoms with Crippen molar-refractivity contribution in [1.82, 2.24) is 10.6 Å². The van der Waals surface area contributed by atoms with Crippen LogP contribution in [-0.2, 0) is 24.2 Å². The molecule has 1 amide bonds. The van der Waals surface area contributed by atoms with Crippen LogP contribution in [0, 0.1) is 10.1 Å². The second-order valence-electron chi connectivity index (χ2n) is 5.87. The third-order valence-corrected chi connectivity index (χ3v) is 4.26. The Kier molecular flexibility index (Phi) is 4.86. The maximum absolute atomic E-state index is 12.3. The van der Waals surface area contributed by atoms with Crippen LogP contribution < -0.4 is 10.6 Å². The molecule has 6 heteroatoms. The van der Waals surface area contributed by atoms with E-state index in [-0.39, 0.29) is 17.6 Å². The van der Waals surface area contributed by atoms with E-state index in [1.54, 1.807) is 12.1 Å². The highest BCUT2D eigenvalue weighted by atomic mass is 16.6. The van der Waals surface area contributed by atoms with Gasteiger partial charge in [-0.2, -0.15) is 0 Å². The van der Waals surface area contributed by atoms with Gasteiger partial charge >= 0.3 is 0 Å². The van der Waals surface area contributed by atoms with E-state index in [0.717, 1.165) is 5.56 Å². The molecule has 0 saturated carbocycles. The first kappa shape index (κ1) is 16.1. The second kappa shape index (κ2) is 7.23. The standard InChI is InChI=1S/C18H19N3O3/c22-18(17-11-14-3-1-2-4-15(14)12-20-17)19-10-9-13-5-7-16(8-6-13)21(23)24/h1-8,17,20H,9-12H2,(H,19,22). The first-order valence-corrected chi connectivity index (χ1v) is 7.94. The summed E-state index contributed by atoms with van der Waals surface area (Å²) >= 11 is 0. The van der Waals surface area contributed by atoms with Crippen molar-refractivity contribution in [3.63, 3.8) is 0 Å². The SMILES string of the molecule is O=C(NCCc1ccc([N+](=O)[O-])cc1)C1Cc2ccccc2CN1. The Balaban J connectivity index is 1.49. The molecular weight excluding hydrogens is 306 g/mol. The maximum Gasteiger partial charge on any atom is 0.269 e. The van der Waals surface area contributed by atoms with E-state index in [1.807, 2.05) is 12.1 Å². The molecule has 0 aromatic heterocycles. The number of carbonyl (C=O) groups excluding carboxylic acids is 1. The minimum atomic E-state index is -0.419. The van der Waals surface area contributed by atoms with Crippen LogP contribution in [0.4, 0.5) is 5.69 Å². The number of nitro groups is 1. The zero-order valence-electron chi connectivity index (χ0n) is 13.2. The molecular formula is C18H19N3O3. The lowest BCUT2D eigenvalue weighted by molar-refractivity contribution is -0.384. The Hall–Kier alpha value is -2.73. The molecule has 0 bridgehead atoms. The topological polar surface area (TPSA) is 84.3 Å². The summed E-state index contributed by atoms with van der Waals surface area (Å²) in [6.45, 7) is 1.22. The molecule has 1 aliphatic rings. The molecule has 3 rings (SSSR count). The van der Waals surface area contributed by atoms with Crippen LogP contribution >= 0.6 is 0 Å². The predicted octanol–water partition coefficient (Wildman–Crippen LogP) is 1.97. The van der Waals surface area contributed by atoms with Crippen molar-refractivity contribution >= 4 is 11.6 Å². The van der Waals surface area contributed by atoms with Crippen LogP contribution in [0.15, 0.2) is 48.5 Å². The van der Waals surface area contributed by atoms with Crippen molar-refractivity contribution in [3.8, 4) is 0 Å². The minimum absolute atomic E-state index is 0.00795. The van der Waals surface area contributed by atoms with Crippen LogP contribution in [0.2, 0.25) is 0 Å². The molecule has 2 aromatic carbocycles. The molecule has 1 heterocycles. The highest BCUT2D eigenvalue weighted by Gasteiger charge is 2.23. The van der Waals surface area contributed by atoms with E-state index in [2.05, 4.69) is 22.8 Å². The van der Waals surface area contributed by atoms with Gasteiger partial charge in [0.2, 0.25) is 5.91 Å². The Morgan fingerprint density at radius 2 is 1.88 bits per heavy atom. The van der Waals surface area contributed by atoms with E-state index in [9.17, 15) is 14.9 Å². The van der Waals surface area contributed by atoms with Gasteiger partial charge in [0.1, 0.15) is 0 Å². The number of hydrogen-bond donors (Lipinski definition) is 2. The summed E-state index contributed by atoms with van der Waals surface area (Å²) in [7, 11) is 0. The van der Waals surface area contributed by atoms with Gasteiger partial charge in [-0.3, -0.25) is 14.9 Å². The molecule has 1 aliphatic heterocycles. The van der Waals surface area contributed by atoms with Crippen LogP contribution in [-0.4, -0.2) is 23.4 Å². The number of non-ortho nitro benzene ring substituents is 1. The lowest BCUT2D eigenvalue weighted by atomic mass is 9.95. The molecule has 0 aliphatic carbocycles. The van der Waals surface area contributed by atoms with Crippen molar-refractivity contribution in [2.45, 2.75) is 25.4 Å². The smallest absolute Gasteiger partial charge is 0.269 e. The first-order chi connectivity index (χ1) is 11.6. The predicted molar refractivity (Wildman–Crippen MR) is 90.6 cm³/mol. The fraction of sp³-hybridized carbons (Fsp3) is 0.278. The van der Waals surface area contributed by atoms with Gasteiger partial charge in [0.25, 0.3) is 5.69 Å². The van der Waals surface area contributed by atoms with Crippen LogP contribution in [0.5, 0.6) is 0 Å². The third-order valence-electron chi connectivity index (χ3n) is 4.26. The third kappa shape index (κ3) is 3.78. The summed E-state index contributed by atoms with van der Waals surface area (Å²) in [5.41, 5.74) is 3.50. The number of benzene rings is 2. The van der Waals surface area contributed by atoms with Crippen LogP contribution in [0.3, 0.4) is 0 Å². The van der Waals surface area contributed by atoms with Gasteiger partial charge in [0, 0.05) is 25.2 Å². The Morgan fingerprint density at radius 1 is 1.17 bits per heavy atom. The van der Waals surface area contributed by atoms with E-state index >= 15 is 0 Å².